The number of hydrogen-bond donors (Lipinski definition) is 1. The first-order chi connectivity index (χ1) is 10.5. The lowest BCUT2D eigenvalue weighted by Gasteiger charge is -2.12. The molecule has 0 radical (unpaired) electrons. The van der Waals surface area contributed by atoms with Gasteiger partial charge in [0.15, 0.2) is 30.0 Å². The molecule has 0 saturated carbocycles. The number of hydrogen-bond acceptors (Lipinski definition) is 8. The van der Waals surface area contributed by atoms with Crippen LogP contribution in [0.5, 0.6) is 11.5 Å². The molecule has 0 aliphatic carbocycles. The first-order valence-corrected chi connectivity index (χ1v) is 6.35. The molecule has 1 fully saturated rings. The number of aromatic hydroxyl groups is 1. The average Bonchev–Trinajstić information content (AvgIpc) is 2.99. The second kappa shape index (κ2) is 6.63. The van der Waals surface area contributed by atoms with Crippen LogP contribution in [0.2, 0.25) is 0 Å². The predicted molar refractivity (Wildman–Crippen MR) is 71.2 cm³/mol. The van der Waals surface area contributed by atoms with Gasteiger partial charge in [0.1, 0.15) is 0 Å². The molecule has 0 aromatic heterocycles. The van der Waals surface area contributed by atoms with Gasteiger partial charge in [-0.2, -0.15) is 0 Å². The highest BCUT2D eigenvalue weighted by molar-refractivity contribution is 5.86. The smallest absolute Gasteiger partial charge is 0.338 e. The topological polar surface area (TPSA) is 101 Å². The summed E-state index contributed by atoms with van der Waals surface area (Å²) >= 11 is 0. The Morgan fingerprint density at radius 3 is 2.05 bits per heavy atom. The van der Waals surface area contributed by atoms with Crippen LogP contribution in [-0.4, -0.2) is 50.6 Å². The summed E-state index contributed by atoms with van der Waals surface area (Å²) in [6.45, 7) is 0. The van der Waals surface area contributed by atoms with E-state index in [-0.39, 0.29) is 11.5 Å². The fourth-order valence-electron chi connectivity index (χ4n) is 2.03. The molecule has 1 aromatic carbocycles. The third-order valence-electron chi connectivity index (χ3n) is 3.16. The third kappa shape index (κ3) is 2.97. The minimum Gasteiger partial charge on any atom is -0.504 e. The van der Waals surface area contributed by atoms with Crippen LogP contribution in [0.15, 0.2) is 18.2 Å². The van der Waals surface area contributed by atoms with E-state index in [2.05, 4.69) is 9.47 Å². The monoisotopic (exact) mass is 312 g/mol. The molecule has 2 atom stereocenters. The highest BCUT2D eigenvalue weighted by Crippen LogP contribution is 2.36. The number of methoxy groups -OCH3 is 3. The van der Waals surface area contributed by atoms with Crippen LogP contribution in [0.4, 0.5) is 0 Å². The van der Waals surface area contributed by atoms with E-state index in [0.29, 0.717) is 5.56 Å². The van der Waals surface area contributed by atoms with Gasteiger partial charge in [-0.15, -0.1) is 0 Å². The van der Waals surface area contributed by atoms with Crippen molar-refractivity contribution in [2.24, 2.45) is 0 Å². The number of phenols is 1. The molecule has 1 N–H and O–H groups in total. The van der Waals surface area contributed by atoms with Gasteiger partial charge in [-0.1, -0.05) is 6.07 Å². The van der Waals surface area contributed by atoms with Crippen molar-refractivity contribution in [3.63, 3.8) is 0 Å². The first kappa shape index (κ1) is 16.1. The van der Waals surface area contributed by atoms with Crippen LogP contribution in [0.3, 0.4) is 0 Å². The summed E-state index contributed by atoms with van der Waals surface area (Å²) in [7, 11) is 3.75. The van der Waals surface area contributed by atoms with Crippen molar-refractivity contribution in [1.82, 2.24) is 0 Å². The lowest BCUT2D eigenvalue weighted by atomic mass is 10.2. The van der Waals surface area contributed by atoms with Gasteiger partial charge in [0.25, 0.3) is 0 Å². The summed E-state index contributed by atoms with van der Waals surface area (Å²) in [5.41, 5.74) is 0.468. The number of rotatable bonds is 4. The Hall–Kier alpha value is -2.32. The number of carbonyl (C=O) groups excluding carboxylic acids is 2. The highest BCUT2D eigenvalue weighted by atomic mass is 16.8. The van der Waals surface area contributed by atoms with E-state index in [1.165, 1.54) is 39.5 Å². The SMILES string of the molecule is COC(=O)C1OC(c2ccc(O)c(OC)c2)OC1C(=O)OC. The van der Waals surface area contributed by atoms with E-state index in [9.17, 15) is 14.7 Å². The maximum Gasteiger partial charge on any atom is 0.338 e. The Morgan fingerprint density at radius 1 is 1.05 bits per heavy atom. The number of carbonyl (C=O) groups is 2. The number of benzene rings is 1. The van der Waals surface area contributed by atoms with Crippen molar-refractivity contribution < 1.29 is 38.4 Å². The van der Waals surface area contributed by atoms with E-state index < -0.39 is 30.4 Å². The molecular formula is C14H16O8. The van der Waals surface area contributed by atoms with Gasteiger partial charge in [-0.25, -0.2) is 9.59 Å². The van der Waals surface area contributed by atoms with Crippen LogP contribution in [0.1, 0.15) is 11.9 Å². The lowest BCUT2D eigenvalue weighted by Crippen LogP contribution is -2.38. The normalized spacial score (nSPS) is 23.9. The Kier molecular flexibility index (Phi) is 4.84. The van der Waals surface area contributed by atoms with Crippen molar-refractivity contribution in [1.29, 1.82) is 0 Å². The molecule has 0 bridgehead atoms. The molecule has 2 rings (SSSR count). The van der Waals surface area contributed by atoms with Crippen LogP contribution in [-0.2, 0) is 28.5 Å². The molecule has 1 heterocycles. The van der Waals surface area contributed by atoms with Crippen LogP contribution in [0, 0.1) is 0 Å². The van der Waals surface area contributed by atoms with Gasteiger partial charge in [-0.05, 0) is 12.1 Å². The molecule has 8 heteroatoms. The average molecular weight is 312 g/mol. The minimum absolute atomic E-state index is 0.0571. The zero-order chi connectivity index (χ0) is 16.3. The molecule has 1 aromatic rings. The van der Waals surface area contributed by atoms with Gasteiger partial charge in [0, 0.05) is 5.56 Å². The predicted octanol–water partition coefficient (Wildman–Crippen LogP) is 0.529. The molecule has 2 unspecified atom stereocenters. The maximum atomic E-state index is 11.7. The Labute approximate surface area is 126 Å². The van der Waals surface area contributed by atoms with Gasteiger partial charge in [0.2, 0.25) is 0 Å². The Morgan fingerprint density at radius 2 is 1.59 bits per heavy atom. The summed E-state index contributed by atoms with van der Waals surface area (Å²) in [6.07, 6.45) is -3.47. The molecule has 120 valence electrons. The van der Waals surface area contributed by atoms with E-state index in [1.54, 1.807) is 0 Å². The summed E-state index contributed by atoms with van der Waals surface area (Å²) in [4.78, 5) is 23.4. The number of phenolic OH excluding ortho intramolecular Hbond substituents is 1. The van der Waals surface area contributed by atoms with Crippen LogP contribution in [0.25, 0.3) is 0 Å². The number of ether oxygens (including phenoxy) is 5. The first-order valence-electron chi connectivity index (χ1n) is 6.35. The van der Waals surface area contributed by atoms with Crippen molar-refractivity contribution >= 4 is 11.9 Å². The zero-order valence-electron chi connectivity index (χ0n) is 12.3. The minimum atomic E-state index is -1.23. The fourth-order valence-corrected chi connectivity index (χ4v) is 2.03. The van der Waals surface area contributed by atoms with Gasteiger partial charge in [0.05, 0.1) is 21.3 Å². The van der Waals surface area contributed by atoms with Crippen LogP contribution < -0.4 is 4.74 Å². The quantitative estimate of drug-likeness (QED) is 0.804. The largest absolute Gasteiger partial charge is 0.504 e. The maximum absolute atomic E-state index is 11.7. The lowest BCUT2D eigenvalue weighted by molar-refractivity contribution is -0.160. The van der Waals surface area contributed by atoms with Gasteiger partial charge in [-0.3, -0.25) is 0 Å². The summed E-state index contributed by atoms with van der Waals surface area (Å²) in [5.74, 6) is -1.34. The van der Waals surface area contributed by atoms with Gasteiger partial charge < -0.3 is 28.8 Å². The van der Waals surface area contributed by atoms with E-state index in [0.717, 1.165) is 0 Å². The summed E-state index contributed by atoms with van der Waals surface area (Å²) < 4.78 is 25.1. The third-order valence-corrected chi connectivity index (χ3v) is 3.16. The van der Waals surface area contributed by atoms with Crippen LogP contribution >= 0.6 is 0 Å². The van der Waals surface area contributed by atoms with E-state index >= 15 is 0 Å². The molecular weight excluding hydrogens is 296 g/mol. The van der Waals surface area contributed by atoms with E-state index in [1.807, 2.05) is 0 Å². The second-order valence-corrected chi connectivity index (χ2v) is 4.42. The Bertz CT molecular complexity index is 546. The van der Waals surface area contributed by atoms with Crippen molar-refractivity contribution in [2.75, 3.05) is 21.3 Å². The summed E-state index contributed by atoms with van der Waals surface area (Å²) in [6, 6.07) is 4.39. The highest BCUT2D eigenvalue weighted by Gasteiger charge is 2.47. The van der Waals surface area contributed by atoms with Gasteiger partial charge >= 0.3 is 11.9 Å². The summed E-state index contributed by atoms with van der Waals surface area (Å²) in [5, 5.41) is 9.58. The zero-order valence-corrected chi connectivity index (χ0v) is 12.3. The molecule has 1 saturated heterocycles. The van der Waals surface area contributed by atoms with Crippen molar-refractivity contribution in [3.8, 4) is 11.5 Å². The van der Waals surface area contributed by atoms with Crippen molar-refractivity contribution in [2.45, 2.75) is 18.5 Å². The fraction of sp³-hybridized carbons (Fsp3) is 0.429. The molecule has 0 spiro atoms. The van der Waals surface area contributed by atoms with E-state index in [4.69, 9.17) is 14.2 Å². The molecule has 1 aliphatic rings. The molecule has 8 nitrogen and oxygen atoms in total. The Balaban J connectivity index is 2.26. The molecule has 22 heavy (non-hydrogen) atoms. The molecule has 0 amide bonds. The standard InChI is InChI=1S/C14H16O8/c1-18-9-6-7(4-5-8(9)15)14-21-10(12(16)19-2)11(22-14)13(17)20-3/h4-6,10-11,14-15H,1-3H3. The molecule has 1 aliphatic heterocycles. The number of esters is 2. The van der Waals surface area contributed by atoms with Crippen molar-refractivity contribution in [3.05, 3.63) is 23.8 Å². The second-order valence-electron chi connectivity index (χ2n) is 4.42.